The maximum Gasteiger partial charge on any atom is 0.259 e. The third-order valence-electron chi connectivity index (χ3n) is 4.04. The highest BCUT2D eigenvalue weighted by molar-refractivity contribution is 7.18. The Balaban J connectivity index is 1.44. The van der Waals surface area contributed by atoms with Gasteiger partial charge in [-0.2, -0.15) is 0 Å². The Morgan fingerprint density at radius 2 is 1.97 bits per heavy atom. The zero-order chi connectivity index (χ0) is 20.9. The second kappa shape index (κ2) is 8.93. The van der Waals surface area contributed by atoms with Crippen LogP contribution in [0.4, 0.5) is 5.13 Å². The molecular formula is C20H15ClN6O2S. The zero-order valence-corrected chi connectivity index (χ0v) is 17.3. The molecule has 1 amide bonds. The van der Waals surface area contributed by atoms with Gasteiger partial charge in [-0.25, -0.2) is 4.98 Å². The Morgan fingerprint density at radius 3 is 2.70 bits per heavy atom. The highest BCUT2D eigenvalue weighted by Gasteiger charge is 2.16. The van der Waals surface area contributed by atoms with E-state index < -0.39 is 5.91 Å². The minimum absolute atomic E-state index is 0.222. The highest BCUT2D eigenvalue weighted by Crippen LogP contribution is 2.28. The van der Waals surface area contributed by atoms with Crippen LogP contribution in [0.5, 0.6) is 5.88 Å². The average molecular weight is 439 g/mol. The van der Waals surface area contributed by atoms with Crippen LogP contribution in [0.2, 0.25) is 5.02 Å². The molecule has 0 unspecified atom stereocenters. The van der Waals surface area contributed by atoms with Crippen LogP contribution in [0.1, 0.15) is 29.1 Å². The molecule has 0 aliphatic carbocycles. The molecule has 0 fully saturated rings. The molecule has 0 aliphatic rings. The number of ether oxygens (including phenoxy) is 1. The molecule has 4 rings (SSSR count). The van der Waals surface area contributed by atoms with E-state index in [4.69, 9.17) is 16.3 Å². The number of nitrogens with one attached hydrogen (secondary N) is 1. The van der Waals surface area contributed by atoms with E-state index in [1.165, 1.54) is 23.6 Å². The van der Waals surface area contributed by atoms with Gasteiger partial charge in [-0.3, -0.25) is 20.1 Å². The molecule has 0 aliphatic heterocycles. The number of pyridine rings is 3. The van der Waals surface area contributed by atoms with Gasteiger partial charge in [0.1, 0.15) is 16.1 Å². The van der Waals surface area contributed by atoms with Gasteiger partial charge in [0, 0.05) is 30.4 Å². The first-order chi connectivity index (χ1) is 14.6. The van der Waals surface area contributed by atoms with Crippen LogP contribution in [0.15, 0.2) is 61.2 Å². The number of halogens is 1. The van der Waals surface area contributed by atoms with Crippen LogP contribution in [0.3, 0.4) is 0 Å². The summed E-state index contributed by atoms with van der Waals surface area (Å²) in [6, 6.07) is 10.7. The molecule has 1 N–H and O–H groups in total. The van der Waals surface area contributed by atoms with Gasteiger partial charge >= 0.3 is 0 Å². The van der Waals surface area contributed by atoms with Gasteiger partial charge < -0.3 is 4.74 Å². The fraction of sp³-hybridized carbons (Fsp3) is 0.100. The van der Waals surface area contributed by atoms with Crippen molar-refractivity contribution in [3.05, 3.63) is 77.5 Å². The van der Waals surface area contributed by atoms with E-state index in [-0.39, 0.29) is 22.6 Å². The lowest BCUT2D eigenvalue weighted by molar-refractivity contribution is 0.102. The number of hydrogen-bond acceptors (Lipinski definition) is 8. The van der Waals surface area contributed by atoms with Gasteiger partial charge in [0.2, 0.25) is 11.0 Å². The van der Waals surface area contributed by atoms with Crippen molar-refractivity contribution in [2.45, 2.75) is 13.0 Å². The summed E-state index contributed by atoms with van der Waals surface area (Å²) in [5, 5.41) is 12.1. The van der Waals surface area contributed by atoms with E-state index in [1.807, 2.05) is 37.3 Å². The smallest absolute Gasteiger partial charge is 0.259 e. The molecule has 30 heavy (non-hydrogen) atoms. The van der Waals surface area contributed by atoms with Crippen molar-refractivity contribution in [1.29, 1.82) is 0 Å². The van der Waals surface area contributed by atoms with E-state index >= 15 is 0 Å². The number of carbonyl (C=O) groups excluding carboxylic acids is 1. The third-order valence-corrected chi connectivity index (χ3v) is 5.19. The van der Waals surface area contributed by atoms with E-state index in [9.17, 15) is 4.79 Å². The summed E-state index contributed by atoms with van der Waals surface area (Å²) in [4.78, 5) is 24.9. The van der Waals surface area contributed by atoms with Crippen molar-refractivity contribution >= 4 is 34.0 Å². The second-order valence-corrected chi connectivity index (χ2v) is 7.51. The summed E-state index contributed by atoms with van der Waals surface area (Å²) in [7, 11) is 0. The predicted octanol–water partition coefficient (Wildman–Crippen LogP) is 4.44. The van der Waals surface area contributed by atoms with Crippen molar-refractivity contribution in [2.75, 3.05) is 5.32 Å². The standard InChI is InChI=1S/C20H15ClN6O2S/c1-12(16-4-2-3-7-23-16)29-18-15(21)10-14(11-24-18)17(28)25-20-27-26-19(30-20)13-5-8-22-9-6-13/h2-12H,1H3,(H,25,27,28)/t12-/m0/s1. The number of nitrogens with zero attached hydrogens (tertiary/aromatic N) is 5. The maximum absolute atomic E-state index is 12.5. The lowest BCUT2D eigenvalue weighted by Crippen LogP contribution is -2.13. The normalized spacial score (nSPS) is 11.7. The number of anilines is 1. The van der Waals surface area contributed by atoms with Gasteiger partial charge in [0.05, 0.1) is 11.3 Å². The Kier molecular flexibility index (Phi) is 5.92. The summed E-state index contributed by atoms with van der Waals surface area (Å²) in [6.07, 6.45) is 6.07. The Bertz CT molecular complexity index is 1160. The number of amides is 1. The summed E-state index contributed by atoms with van der Waals surface area (Å²) in [5.74, 6) is -0.173. The van der Waals surface area contributed by atoms with Crippen LogP contribution in [-0.2, 0) is 0 Å². The lowest BCUT2D eigenvalue weighted by atomic mass is 10.2. The molecule has 0 bridgehead atoms. The van der Waals surface area contributed by atoms with Crippen molar-refractivity contribution in [2.24, 2.45) is 0 Å². The Labute approximate surface area is 181 Å². The molecule has 0 saturated heterocycles. The minimum atomic E-state index is -0.397. The van der Waals surface area contributed by atoms with E-state index in [2.05, 4.69) is 30.5 Å². The fourth-order valence-corrected chi connectivity index (χ4v) is 3.49. The number of hydrogen-bond donors (Lipinski definition) is 1. The van der Waals surface area contributed by atoms with Crippen LogP contribution in [0.25, 0.3) is 10.6 Å². The number of rotatable bonds is 6. The highest BCUT2D eigenvalue weighted by atomic mass is 35.5. The van der Waals surface area contributed by atoms with E-state index in [1.54, 1.807) is 18.6 Å². The van der Waals surface area contributed by atoms with Gasteiger partial charge in [0.15, 0.2) is 0 Å². The van der Waals surface area contributed by atoms with Crippen molar-refractivity contribution in [1.82, 2.24) is 25.1 Å². The van der Waals surface area contributed by atoms with Crippen LogP contribution >= 0.6 is 22.9 Å². The van der Waals surface area contributed by atoms with Crippen LogP contribution in [0, 0.1) is 0 Å². The first kappa shape index (κ1) is 19.9. The molecule has 0 spiro atoms. The van der Waals surface area contributed by atoms with Gasteiger partial charge in [0.25, 0.3) is 5.91 Å². The minimum Gasteiger partial charge on any atom is -0.467 e. The largest absolute Gasteiger partial charge is 0.467 e. The first-order valence-corrected chi connectivity index (χ1v) is 10.1. The molecule has 4 aromatic heterocycles. The number of carbonyl (C=O) groups is 1. The molecule has 150 valence electrons. The molecule has 0 radical (unpaired) electrons. The average Bonchev–Trinajstić information content (AvgIpc) is 3.24. The summed E-state index contributed by atoms with van der Waals surface area (Å²) >= 11 is 7.53. The molecule has 10 heteroatoms. The van der Waals surface area contributed by atoms with Crippen molar-refractivity contribution in [3.8, 4) is 16.5 Å². The fourth-order valence-electron chi connectivity index (χ4n) is 2.53. The van der Waals surface area contributed by atoms with Crippen LogP contribution in [-0.4, -0.2) is 31.1 Å². The van der Waals surface area contributed by atoms with E-state index in [0.29, 0.717) is 10.1 Å². The third kappa shape index (κ3) is 4.58. The zero-order valence-electron chi connectivity index (χ0n) is 15.7. The monoisotopic (exact) mass is 438 g/mol. The van der Waals surface area contributed by atoms with Gasteiger partial charge in [-0.15, -0.1) is 10.2 Å². The predicted molar refractivity (Wildman–Crippen MR) is 114 cm³/mol. The first-order valence-electron chi connectivity index (χ1n) is 8.88. The lowest BCUT2D eigenvalue weighted by Gasteiger charge is -2.14. The molecule has 4 heterocycles. The molecule has 0 aromatic carbocycles. The second-order valence-electron chi connectivity index (χ2n) is 6.13. The SMILES string of the molecule is C[C@H](Oc1ncc(C(=O)Nc2nnc(-c3ccncc3)s2)cc1Cl)c1ccccn1. The topological polar surface area (TPSA) is 103 Å². The molecule has 8 nitrogen and oxygen atoms in total. The van der Waals surface area contributed by atoms with Crippen molar-refractivity contribution < 1.29 is 9.53 Å². The molecular weight excluding hydrogens is 424 g/mol. The molecule has 0 saturated carbocycles. The maximum atomic E-state index is 12.5. The summed E-state index contributed by atoms with van der Waals surface area (Å²) in [6.45, 7) is 1.84. The van der Waals surface area contributed by atoms with Gasteiger partial charge in [-0.05, 0) is 37.3 Å². The van der Waals surface area contributed by atoms with Crippen molar-refractivity contribution in [3.63, 3.8) is 0 Å². The molecule has 4 aromatic rings. The molecule has 1 atom stereocenters. The summed E-state index contributed by atoms with van der Waals surface area (Å²) in [5.41, 5.74) is 1.90. The van der Waals surface area contributed by atoms with Gasteiger partial charge in [-0.1, -0.05) is 29.0 Å². The Morgan fingerprint density at radius 1 is 1.13 bits per heavy atom. The van der Waals surface area contributed by atoms with Crippen LogP contribution < -0.4 is 10.1 Å². The Hall–Kier alpha value is -3.43. The van der Waals surface area contributed by atoms with E-state index in [0.717, 1.165) is 11.3 Å². The quantitative estimate of drug-likeness (QED) is 0.474. The summed E-state index contributed by atoms with van der Waals surface area (Å²) < 4.78 is 5.77. The number of aromatic nitrogens is 5.